The third-order valence-corrected chi connectivity index (χ3v) is 3.60. The summed E-state index contributed by atoms with van der Waals surface area (Å²) in [4.78, 5) is 13.7. The molecule has 92 valence electrons. The zero-order valence-electron chi connectivity index (χ0n) is 9.61. The SMILES string of the molecule is CCC1(O)CN(C(=O)c2cccc(N)c2Cl)C1. The number of likely N-dealkylation sites (tertiary alicyclic amines) is 1. The summed E-state index contributed by atoms with van der Waals surface area (Å²) in [7, 11) is 0. The van der Waals surface area contributed by atoms with Gasteiger partial charge < -0.3 is 15.7 Å². The number of anilines is 1. The number of β-amino-alcohol motifs (C(OH)–C–C–N with tert-alkyl or cyclic N) is 1. The highest BCUT2D eigenvalue weighted by atomic mass is 35.5. The summed E-state index contributed by atoms with van der Waals surface area (Å²) in [5, 5.41) is 10.1. The van der Waals surface area contributed by atoms with Crippen LogP contribution in [0.5, 0.6) is 0 Å². The van der Waals surface area contributed by atoms with E-state index in [0.29, 0.717) is 30.8 Å². The van der Waals surface area contributed by atoms with Gasteiger partial charge in [0.1, 0.15) is 0 Å². The van der Waals surface area contributed by atoms with Crippen molar-refractivity contribution in [1.82, 2.24) is 4.90 Å². The first kappa shape index (κ1) is 12.2. The van der Waals surface area contributed by atoms with Crippen molar-refractivity contribution in [3.05, 3.63) is 28.8 Å². The fraction of sp³-hybridized carbons (Fsp3) is 0.417. The molecule has 0 spiro atoms. The minimum Gasteiger partial charge on any atom is -0.398 e. The Labute approximate surface area is 105 Å². The fourth-order valence-corrected chi connectivity index (χ4v) is 2.12. The van der Waals surface area contributed by atoms with Gasteiger partial charge in [-0.05, 0) is 18.6 Å². The lowest BCUT2D eigenvalue weighted by Gasteiger charge is -2.46. The van der Waals surface area contributed by atoms with E-state index in [2.05, 4.69) is 0 Å². The molecule has 0 unspecified atom stereocenters. The summed E-state index contributed by atoms with van der Waals surface area (Å²) in [5.74, 6) is -0.180. The van der Waals surface area contributed by atoms with Crippen molar-refractivity contribution in [3.8, 4) is 0 Å². The zero-order chi connectivity index (χ0) is 12.6. The second-order valence-corrected chi connectivity index (χ2v) is 4.83. The molecule has 1 aromatic carbocycles. The van der Waals surface area contributed by atoms with Gasteiger partial charge >= 0.3 is 0 Å². The highest BCUT2D eigenvalue weighted by Crippen LogP contribution is 2.29. The Bertz CT molecular complexity index is 456. The van der Waals surface area contributed by atoms with Crippen LogP contribution in [0.15, 0.2) is 18.2 Å². The van der Waals surface area contributed by atoms with Gasteiger partial charge in [-0.25, -0.2) is 0 Å². The van der Waals surface area contributed by atoms with E-state index in [9.17, 15) is 9.90 Å². The quantitative estimate of drug-likeness (QED) is 0.787. The summed E-state index contributed by atoms with van der Waals surface area (Å²) in [6.45, 7) is 2.61. The van der Waals surface area contributed by atoms with E-state index in [-0.39, 0.29) is 10.9 Å². The minimum atomic E-state index is -0.734. The van der Waals surface area contributed by atoms with Gasteiger partial charge in [-0.2, -0.15) is 0 Å². The Kier molecular flexibility index (Phi) is 3.02. The van der Waals surface area contributed by atoms with Crippen LogP contribution in [0.25, 0.3) is 0 Å². The van der Waals surface area contributed by atoms with E-state index >= 15 is 0 Å². The van der Waals surface area contributed by atoms with Crippen LogP contribution in [-0.2, 0) is 0 Å². The molecule has 1 saturated heterocycles. The maximum atomic E-state index is 12.1. The largest absolute Gasteiger partial charge is 0.398 e. The van der Waals surface area contributed by atoms with Crippen LogP contribution in [0.2, 0.25) is 5.02 Å². The second-order valence-electron chi connectivity index (χ2n) is 4.45. The van der Waals surface area contributed by atoms with E-state index in [4.69, 9.17) is 17.3 Å². The summed E-state index contributed by atoms with van der Waals surface area (Å²) >= 11 is 5.98. The fourth-order valence-electron chi connectivity index (χ4n) is 1.92. The van der Waals surface area contributed by atoms with Crippen molar-refractivity contribution >= 4 is 23.2 Å². The molecule has 0 bridgehead atoms. The van der Waals surface area contributed by atoms with E-state index in [1.807, 2.05) is 6.92 Å². The Morgan fingerprint density at radius 3 is 2.82 bits per heavy atom. The highest BCUT2D eigenvalue weighted by molar-refractivity contribution is 6.36. The number of rotatable bonds is 2. The lowest BCUT2D eigenvalue weighted by atomic mass is 9.90. The number of hydrogen-bond acceptors (Lipinski definition) is 3. The number of halogens is 1. The smallest absolute Gasteiger partial charge is 0.255 e. The topological polar surface area (TPSA) is 66.6 Å². The van der Waals surface area contributed by atoms with Crippen molar-refractivity contribution in [3.63, 3.8) is 0 Å². The molecule has 0 atom stereocenters. The summed E-state index contributed by atoms with van der Waals surface area (Å²) < 4.78 is 0. The standard InChI is InChI=1S/C12H15ClN2O2/c1-2-12(17)6-15(7-12)11(16)8-4-3-5-9(14)10(8)13/h3-5,17H,2,6-7,14H2,1H3. The van der Waals surface area contributed by atoms with E-state index in [0.717, 1.165) is 0 Å². The molecule has 0 aromatic heterocycles. The van der Waals surface area contributed by atoms with Crippen molar-refractivity contribution in [2.75, 3.05) is 18.8 Å². The molecule has 1 aromatic rings. The van der Waals surface area contributed by atoms with Gasteiger partial charge in [-0.1, -0.05) is 24.6 Å². The first-order valence-electron chi connectivity index (χ1n) is 5.52. The molecule has 5 heteroatoms. The molecular formula is C12H15ClN2O2. The highest BCUT2D eigenvalue weighted by Gasteiger charge is 2.42. The van der Waals surface area contributed by atoms with Gasteiger partial charge in [-0.3, -0.25) is 4.79 Å². The van der Waals surface area contributed by atoms with Crippen LogP contribution < -0.4 is 5.73 Å². The van der Waals surface area contributed by atoms with Crippen LogP contribution in [0.1, 0.15) is 23.7 Å². The predicted octanol–water partition coefficient (Wildman–Crippen LogP) is 1.52. The molecule has 1 fully saturated rings. The molecule has 4 nitrogen and oxygen atoms in total. The van der Waals surface area contributed by atoms with Crippen LogP contribution in [0.4, 0.5) is 5.69 Å². The molecule has 0 saturated carbocycles. The van der Waals surface area contributed by atoms with Crippen LogP contribution in [-0.4, -0.2) is 34.6 Å². The van der Waals surface area contributed by atoms with Crippen LogP contribution in [0.3, 0.4) is 0 Å². The molecule has 0 radical (unpaired) electrons. The number of nitrogens with zero attached hydrogens (tertiary/aromatic N) is 1. The number of aliphatic hydroxyl groups is 1. The average molecular weight is 255 g/mol. The van der Waals surface area contributed by atoms with Crippen molar-refractivity contribution in [2.24, 2.45) is 0 Å². The number of benzene rings is 1. The number of nitrogens with two attached hydrogens (primary N) is 1. The van der Waals surface area contributed by atoms with Crippen molar-refractivity contribution < 1.29 is 9.90 Å². The zero-order valence-corrected chi connectivity index (χ0v) is 10.4. The lowest BCUT2D eigenvalue weighted by Crippen LogP contribution is -2.63. The molecule has 2 rings (SSSR count). The molecule has 1 heterocycles. The summed E-state index contributed by atoms with van der Waals surface area (Å²) in [6.07, 6.45) is 0.640. The number of amides is 1. The number of carbonyl (C=O) groups excluding carboxylic acids is 1. The summed E-state index contributed by atoms with van der Waals surface area (Å²) in [5.41, 5.74) is 5.70. The van der Waals surface area contributed by atoms with E-state index < -0.39 is 5.60 Å². The third kappa shape index (κ3) is 2.10. The second kappa shape index (κ2) is 4.20. The van der Waals surface area contributed by atoms with Gasteiger partial charge in [0.25, 0.3) is 5.91 Å². The Morgan fingerprint density at radius 2 is 2.24 bits per heavy atom. The predicted molar refractivity (Wildman–Crippen MR) is 67.0 cm³/mol. The molecular weight excluding hydrogens is 240 g/mol. The third-order valence-electron chi connectivity index (χ3n) is 3.17. The first-order valence-corrected chi connectivity index (χ1v) is 5.90. The normalized spacial score (nSPS) is 17.7. The molecule has 1 amide bonds. The van der Waals surface area contributed by atoms with E-state index in [1.54, 1.807) is 23.1 Å². The number of carbonyl (C=O) groups is 1. The Hall–Kier alpha value is -1.26. The summed E-state index contributed by atoms with van der Waals surface area (Å²) in [6, 6.07) is 4.99. The molecule has 17 heavy (non-hydrogen) atoms. The maximum absolute atomic E-state index is 12.1. The van der Waals surface area contributed by atoms with Gasteiger partial charge in [0.15, 0.2) is 0 Å². The molecule has 1 aliphatic heterocycles. The van der Waals surface area contributed by atoms with Crippen molar-refractivity contribution in [2.45, 2.75) is 18.9 Å². The first-order chi connectivity index (χ1) is 7.97. The maximum Gasteiger partial charge on any atom is 0.255 e. The van der Waals surface area contributed by atoms with Crippen molar-refractivity contribution in [1.29, 1.82) is 0 Å². The molecule has 1 aliphatic rings. The average Bonchev–Trinajstić information content (AvgIpc) is 2.28. The minimum absolute atomic E-state index is 0.180. The monoisotopic (exact) mass is 254 g/mol. The van der Waals surface area contributed by atoms with Gasteiger partial charge in [0.2, 0.25) is 0 Å². The van der Waals surface area contributed by atoms with E-state index in [1.165, 1.54) is 0 Å². The van der Waals surface area contributed by atoms with Crippen LogP contribution in [0, 0.1) is 0 Å². The van der Waals surface area contributed by atoms with Gasteiger partial charge in [-0.15, -0.1) is 0 Å². The van der Waals surface area contributed by atoms with Gasteiger partial charge in [0, 0.05) is 0 Å². The molecule has 3 N–H and O–H groups in total. The Morgan fingerprint density at radius 1 is 1.59 bits per heavy atom. The van der Waals surface area contributed by atoms with Gasteiger partial charge in [0.05, 0.1) is 35.0 Å². The lowest BCUT2D eigenvalue weighted by molar-refractivity contribution is -0.0826. The number of nitrogen functional groups attached to an aromatic ring is 1. The molecule has 0 aliphatic carbocycles. The Balaban J connectivity index is 2.15. The number of hydrogen-bond donors (Lipinski definition) is 2. The van der Waals surface area contributed by atoms with Crippen LogP contribution >= 0.6 is 11.6 Å².